The average molecular weight is 437 g/mol. The number of sulfonamides is 1. The Hall–Kier alpha value is -3.12. The van der Waals surface area contributed by atoms with Crippen molar-refractivity contribution < 1.29 is 13.2 Å². The van der Waals surface area contributed by atoms with E-state index in [2.05, 4.69) is 12.2 Å². The first kappa shape index (κ1) is 22.6. The van der Waals surface area contributed by atoms with Crippen LogP contribution in [0.15, 0.2) is 66.7 Å². The van der Waals surface area contributed by atoms with Crippen molar-refractivity contribution in [2.45, 2.75) is 33.7 Å². The summed E-state index contributed by atoms with van der Waals surface area (Å²) < 4.78 is 26.4. The Bertz CT molecular complexity index is 1170. The third-order valence-corrected chi connectivity index (χ3v) is 6.32. The minimum absolute atomic E-state index is 0.198. The van der Waals surface area contributed by atoms with Gasteiger partial charge in [0.15, 0.2) is 0 Å². The molecule has 0 aliphatic heterocycles. The van der Waals surface area contributed by atoms with Crippen LogP contribution >= 0.6 is 0 Å². The lowest BCUT2D eigenvalue weighted by atomic mass is 10.1. The van der Waals surface area contributed by atoms with Gasteiger partial charge in [0.2, 0.25) is 10.0 Å². The zero-order chi connectivity index (χ0) is 22.6. The molecule has 0 aromatic heterocycles. The number of benzene rings is 3. The highest BCUT2D eigenvalue weighted by Gasteiger charge is 2.20. The monoisotopic (exact) mass is 436 g/mol. The summed E-state index contributed by atoms with van der Waals surface area (Å²) in [6.45, 7) is 6.11. The Labute approximate surface area is 184 Å². The number of hydrogen-bond acceptors (Lipinski definition) is 3. The van der Waals surface area contributed by atoms with Gasteiger partial charge in [-0.15, -0.1) is 0 Å². The molecule has 0 unspecified atom stereocenters. The Morgan fingerprint density at radius 1 is 0.903 bits per heavy atom. The molecule has 3 aromatic carbocycles. The number of anilines is 2. The summed E-state index contributed by atoms with van der Waals surface area (Å²) in [6.07, 6.45) is 2.16. The first-order valence-electron chi connectivity index (χ1n) is 10.2. The highest BCUT2D eigenvalue weighted by atomic mass is 32.2. The third kappa shape index (κ3) is 5.73. The molecule has 0 spiro atoms. The maximum atomic E-state index is 12.5. The number of nitrogens with zero attached hydrogens (tertiary/aromatic N) is 1. The van der Waals surface area contributed by atoms with E-state index < -0.39 is 10.0 Å². The lowest BCUT2D eigenvalue weighted by Gasteiger charge is -2.25. The predicted molar refractivity (Wildman–Crippen MR) is 127 cm³/mol. The van der Waals surface area contributed by atoms with E-state index in [0.29, 0.717) is 11.3 Å². The van der Waals surface area contributed by atoms with Crippen LogP contribution in [0.1, 0.15) is 39.5 Å². The van der Waals surface area contributed by atoms with Crippen molar-refractivity contribution in [3.8, 4) is 0 Å². The van der Waals surface area contributed by atoms with Gasteiger partial charge in [0.1, 0.15) is 0 Å². The SMILES string of the molecule is CCc1ccc(NC(=O)c2ccc(CN(c3cc(C)ccc3C)S(C)(=O)=O)cc2)cc1. The van der Waals surface area contributed by atoms with Crippen LogP contribution in [-0.4, -0.2) is 20.6 Å². The minimum Gasteiger partial charge on any atom is -0.322 e. The zero-order valence-electron chi connectivity index (χ0n) is 18.3. The summed E-state index contributed by atoms with van der Waals surface area (Å²) in [5, 5.41) is 2.89. The fourth-order valence-electron chi connectivity index (χ4n) is 3.32. The quantitative estimate of drug-likeness (QED) is 0.561. The molecule has 0 atom stereocenters. The van der Waals surface area contributed by atoms with Crippen molar-refractivity contribution in [1.82, 2.24) is 0 Å². The summed E-state index contributed by atoms with van der Waals surface area (Å²) in [4.78, 5) is 12.5. The fraction of sp³-hybridized carbons (Fsp3) is 0.240. The molecule has 5 nitrogen and oxygen atoms in total. The molecule has 3 aromatic rings. The van der Waals surface area contributed by atoms with Gasteiger partial charge in [-0.25, -0.2) is 8.42 Å². The topological polar surface area (TPSA) is 66.5 Å². The van der Waals surface area contributed by atoms with E-state index in [1.165, 1.54) is 16.1 Å². The molecule has 1 amide bonds. The highest BCUT2D eigenvalue weighted by Crippen LogP contribution is 2.26. The van der Waals surface area contributed by atoms with Gasteiger partial charge in [-0.3, -0.25) is 9.10 Å². The van der Waals surface area contributed by atoms with Crippen LogP contribution in [-0.2, 0) is 23.0 Å². The minimum atomic E-state index is -3.47. The molecule has 0 aliphatic carbocycles. The Kier molecular flexibility index (Phi) is 6.81. The van der Waals surface area contributed by atoms with Crippen molar-refractivity contribution in [3.05, 3.63) is 94.5 Å². The zero-order valence-corrected chi connectivity index (χ0v) is 19.2. The maximum absolute atomic E-state index is 12.5. The smallest absolute Gasteiger partial charge is 0.255 e. The van der Waals surface area contributed by atoms with Crippen LogP contribution in [0.25, 0.3) is 0 Å². The summed E-state index contributed by atoms with van der Waals surface area (Å²) in [7, 11) is -3.47. The van der Waals surface area contributed by atoms with Gasteiger partial charge in [0, 0.05) is 11.3 Å². The van der Waals surface area contributed by atoms with E-state index in [0.717, 1.165) is 28.8 Å². The van der Waals surface area contributed by atoms with Crippen LogP contribution in [0.5, 0.6) is 0 Å². The molecule has 1 N–H and O–H groups in total. The molecule has 0 heterocycles. The van der Waals surface area contributed by atoms with Gasteiger partial charge in [0.25, 0.3) is 5.91 Å². The van der Waals surface area contributed by atoms with Crippen molar-refractivity contribution in [3.63, 3.8) is 0 Å². The van der Waals surface area contributed by atoms with Crippen LogP contribution in [0.2, 0.25) is 0 Å². The van der Waals surface area contributed by atoms with Crippen molar-refractivity contribution >= 4 is 27.3 Å². The lowest BCUT2D eigenvalue weighted by molar-refractivity contribution is 0.102. The fourth-order valence-corrected chi connectivity index (χ4v) is 4.26. The second kappa shape index (κ2) is 9.35. The van der Waals surface area contributed by atoms with Gasteiger partial charge in [0.05, 0.1) is 18.5 Å². The summed E-state index contributed by atoms with van der Waals surface area (Å²) >= 11 is 0. The number of rotatable bonds is 7. The van der Waals surface area contributed by atoms with Crippen LogP contribution < -0.4 is 9.62 Å². The van der Waals surface area contributed by atoms with E-state index in [1.54, 1.807) is 24.3 Å². The van der Waals surface area contributed by atoms with Crippen LogP contribution in [0.3, 0.4) is 0 Å². The molecular formula is C25H28N2O3S. The highest BCUT2D eigenvalue weighted by molar-refractivity contribution is 7.92. The number of nitrogens with one attached hydrogen (secondary N) is 1. The van der Waals surface area contributed by atoms with Crippen LogP contribution in [0.4, 0.5) is 11.4 Å². The van der Waals surface area contributed by atoms with E-state index in [-0.39, 0.29) is 12.5 Å². The molecule has 3 rings (SSSR count). The second-order valence-corrected chi connectivity index (χ2v) is 9.67. The van der Waals surface area contributed by atoms with Crippen molar-refractivity contribution in [2.75, 3.05) is 15.9 Å². The summed E-state index contributed by atoms with van der Waals surface area (Å²) in [5.41, 5.74) is 5.82. The number of aryl methyl sites for hydroxylation is 3. The molecule has 0 saturated heterocycles. The van der Waals surface area contributed by atoms with Gasteiger partial charge < -0.3 is 5.32 Å². The van der Waals surface area contributed by atoms with Gasteiger partial charge in [-0.05, 0) is 72.9 Å². The molecule has 6 heteroatoms. The largest absolute Gasteiger partial charge is 0.322 e. The summed E-state index contributed by atoms with van der Waals surface area (Å²) in [5.74, 6) is -0.203. The number of amides is 1. The number of hydrogen-bond donors (Lipinski definition) is 1. The van der Waals surface area contributed by atoms with Crippen LogP contribution in [0, 0.1) is 13.8 Å². The number of carbonyl (C=O) groups is 1. The van der Waals surface area contributed by atoms with Gasteiger partial charge >= 0.3 is 0 Å². The Morgan fingerprint density at radius 2 is 1.52 bits per heavy atom. The molecule has 162 valence electrons. The first-order chi connectivity index (χ1) is 14.7. The van der Waals surface area contributed by atoms with E-state index >= 15 is 0 Å². The number of carbonyl (C=O) groups excluding carboxylic acids is 1. The molecule has 0 saturated carbocycles. The Morgan fingerprint density at radius 3 is 2.10 bits per heavy atom. The first-order valence-corrected chi connectivity index (χ1v) is 12.1. The van der Waals surface area contributed by atoms with Crippen molar-refractivity contribution in [2.24, 2.45) is 0 Å². The summed E-state index contributed by atoms with van der Waals surface area (Å²) in [6, 6.07) is 20.5. The predicted octanol–water partition coefficient (Wildman–Crippen LogP) is 5.08. The van der Waals surface area contributed by atoms with Gasteiger partial charge in [-0.2, -0.15) is 0 Å². The Balaban J connectivity index is 1.77. The standard InChI is InChI=1S/C25H28N2O3S/c1-5-20-10-14-23(15-11-20)26-25(28)22-12-8-21(9-13-22)17-27(31(4,29)30)24-16-18(2)6-7-19(24)3/h6-16H,5,17H2,1-4H3,(H,26,28). The van der Waals surface area contributed by atoms with Crippen molar-refractivity contribution in [1.29, 1.82) is 0 Å². The third-order valence-electron chi connectivity index (χ3n) is 5.20. The molecule has 31 heavy (non-hydrogen) atoms. The van der Waals surface area contributed by atoms with E-state index in [9.17, 15) is 13.2 Å². The van der Waals surface area contributed by atoms with Gasteiger partial charge in [-0.1, -0.05) is 43.3 Å². The normalized spacial score (nSPS) is 11.2. The molecule has 0 fully saturated rings. The molecule has 0 radical (unpaired) electrons. The molecule has 0 bridgehead atoms. The maximum Gasteiger partial charge on any atom is 0.255 e. The molecule has 0 aliphatic rings. The second-order valence-electron chi connectivity index (χ2n) is 7.76. The van der Waals surface area contributed by atoms with E-state index in [4.69, 9.17) is 0 Å². The average Bonchev–Trinajstić information content (AvgIpc) is 2.74. The van der Waals surface area contributed by atoms with E-state index in [1.807, 2.05) is 56.3 Å². The molecular weight excluding hydrogens is 408 g/mol. The lowest BCUT2D eigenvalue weighted by Crippen LogP contribution is -2.30.